The van der Waals surface area contributed by atoms with Crippen LogP contribution in [0.25, 0.3) is 11.1 Å². The molecule has 3 rings (SSSR count). The summed E-state index contributed by atoms with van der Waals surface area (Å²) >= 11 is 0. The molecular formula is C23H26N2O3. The summed E-state index contributed by atoms with van der Waals surface area (Å²) in [6.07, 6.45) is 2.06. The lowest BCUT2D eigenvalue weighted by Gasteiger charge is -2.10. The van der Waals surface area contributed by atoms with E-state index in [0.717, 1.165) is 35.2 Å². The van der Waals surface area contributed by atoms with E-state index >= 15 is 0 Å². The molecule has 0 N–H and O–H groups in total. The van der Waals surface area contributed by atoms with E-state index in [9.17, 15) is 4.79 Å². The van der Waals surface area contributed by atoms with Gasteiger partial charge in [-0.05, 0) is 35.2 Å². The third-order valence-corrected chi connectivity index (χ3v) is 4.64. The number of nitrogens with zero attached hydrogens (tertiary/aromatic N) is 2. The van der Waals surface area contributed by atoms with Gasteiger partial charge in [0.1, 0.15) is 0 Å². The summed E-state index contributed by atoms with van der Waals surface area (Å²) in [7, 11) is 3.08. The van der Waals surface area contributed by atoms with Crippen molar-refractivity contribution in [3.63, 3.8) is 0 Å². The zero-order chi connectivity index (χ0) is 19.9. The summed E-state index contributed by atoms with van der Waals surface area (Å²) in [6, 6.07) is 17.8. The van der Waals surface area contributed by atoms with Crippen LogP contribution < -0.4 is 0 Å². The van der Waals surface area contributed by atoms with E-state index in [1.165, 1.54) is 12.8 Å². The average molecular weight is 378 g/mol. The molecular weight excluding hydrogens is 352 g/mol. The van der Waals surface area contributed by atoms with E-state index in [-0.39, 0.29) is 5.97 Å². The molecule has 1 heterocycles. The highest BCUT2D eigenvalue weighted by atomic mass is 16.5. The van der Waals surface area contributed by atoms with Crippen LogP contribution in [0.4, 0.5) is 0 Å². The number of carbonyl (C=O) groups excluding carboxylic acids is 1. The molecule has 0 aliphatic rings. The monoisotopic (exact) mass is 378 g/mol. The van der Waals surface area contributed by atoms with Gasteiger partial charge < -0.3 is 9.47 Å². The largest absolute Gasteiger partial charge is 0.465 e. The Morgan fingerprint density at radius 3 is 2.50 bits per heavy atom. The van der Waals surface area contributed by atoms with Crippen molar-refractivity contribution in [2.45, 2.75) is 32.9 Å². The lowest BCUT2D eigenvalue weighted by molar-refractivity contribution is 0.0601. The van der Waals surface area contributed by atoms with E-state index in [1.807, 2.05) is 30.3 Å². The summed E-state index contributed by atoms with van der Waals surface area (Å²) in [4.78, 5) is 12.0. The lowest BCUT2D eigenvalue weighted by atomic mass is 9.98. The van der Waals surface area contributed by atoms with Crippen LogP contribution in [0.5, 0.6) is 0 Å². The van der Waals surface area contributed by atoms with Crippen molar-refractivity contribution in [2.75, 3.05) is 14.2 Å². The third-order valence-electron chi connectivity index (χ3n) is 4.64. The first-order valence-corrected chi connectivity index (χ1v) is 9.47. The number of ether oxygens (including phenoxy) is 2. The Hall–Kier alpha value is -2.92. The van der Waals surface area contributed by atoms with Crippen LogP contribution >= 0.6 is 0 Å². The second kappa shape index (κ2) is 9.33. The Morgan fingerprint density at radius 1 is 1.07 bits per heavy atom. The van der Waals surface area contributed by atoms with E-state index in [1.54, 1.807) is 13.2 Å². The number of aryl methyl sites for hydroxylation is 1. The quantitative estimate of drug-likeness (QED) is 0.542. The van der Waals surface area contributed by atoms with Gasteiger partial charge in [-0.1, -0.05) is 55.8 Å². The Kier molecular flexibility index (Phi) is 6.61. The molecule has 0 amide bonds. The van der Waals surface area contributed by atoms with Crippen LogP contribution in [-0.2, 0) is 29.0 Å². The molecule has 5 nitrogen and oxygen atoms in total. The third kappa shape index (κ3) is 4.49. The summed E-state index contributed by atoms with van der Waals surface area (Å²) in [5.41, 5.74) is 5.75. The number of benzene rings is 2. The van der Waals surface area contributed by atoms with Gasteiger partial charge in [-0.25, -0.2) is 4.79 Å². The number of hydrogen-bond acceptors (Lipinski definition) is 4. The molecule has 3 aromatic rings. The van der Waals surface area contributed by atoms with Crippen LogP contribution in [0.2, 0.25) is 0 Å². The fourth-order valence-electron chi connectivity index (χ4n) is 3.31. The summed E-state index contributed by atoms with van der Waals surface area (Å²) < 4.78 is 12.2. The van der Waals surface area contributed by atoms with E-state index in [0.29, 0.717) is 18.7 Å². The lowest BCUT2D eigenvalue weighted by Crippen LogP contribution is -2.07. The molecule has 0 fully saturated rings. The van der Waals surface area contributed by atoms with Gasteiger partial charge in [0.05, 0.1) is 31.5 Å². The van der Waals surface area contributed by atoms with Crippen LogP contribution in [-0.4, -0.2) is 30.0 Å². The van der Waals surface area contributed by atoms with Crippen LogP contribution in [0, 0.1) is 0 Å². The summed E-state index contributed by atoms with van der Waals surface area (Å²) in [6.45, 7) is 3.39. The molecule has 28 heavy (non-hydrogen) atoms. The molecule has 0 atom stereocenters. The minimum atomic E-state index is -0.328. The van der Waals surface area contributed by atoms with E-state index in [4.69, 9.17) is 9.47 Å². The predicted octanol–water partition coefficient (Wildman–Crippen LogP) is 4.48. The molecule has 5 heteroatoms. The smallest absolute Gasteiger partial charge is 0.338 e. The van der Waals surface area contributed by atoms with E-state index < -0.39 is 0 Å². The summed E-state index contributed by atoms with van der Waals surface area (Å²) in [5, 5.41) is 4.67. The Balaban J connectivity index is 1.84. The van der Waals surface area contributed by atoms with Gasteiger partial charge >= 0.3 is 5.97 Å². The molecule has 0 spiro atoms. The van der Waals surface area contributed by atoms with Gasteiger partial charge in [0, 0.05) is 12.8 Å². The van der Waals surface area contributed by atoms with Crippen molar-refractivity contribution in [3.8, 4) is 11.1 Å². The zero-order valence-electron chi connectivity index (χ0n) is 16.6. The summed E-state index contributed by atoms with van der Waals surface area (Å²) in [5.74, 6) is -0.328. The SMILES string of the molecule is CCCc1cc(COC)nn1Cc1ccc(-c2ccccc2C(=O)OC)cc1. The minimum absolute atomic E-state index is 0.328. The van der Waals surface area contributed by atoms with Crippen molar-refractivity contribution < 1.29 is 14.3 Å². The van der Waals surface area contributed by atoms with Crippen LogP contribution in [0.1, 0.15) is 40.7 Å². The number of carbonyl (C=O) groups is 1. The van der Waals surface area contributed by atoms with Gasteiger partial charge in [0.15, 0.2) is 0 Å². The molecule has 0 bridgehead atoms. The Morgan fingerprint density at radius 2 is 1.82 bits per heavy atom. The predicted molar refractivity (Wildman–Crippen MR) is 109 cm³/mol. The number of hydrogen-bond donors (Lipinski definition) is 0. The fraction of sp³-hybridized carbons (Fsp3) is 0.304. The second-order valence-corrected chi connectivity index (χ2v) is 6.70. The highest BCUT2D eigenvalue weighted by Gasteiger charge is 2.13. The van der Waals surface area contributed by atoms with Crippen molar-refractivity contribution >= 4 is 5.97 Å². The van der Waals surface area contributed by atoms with Gasteiger partial charge in [0.2, 0.25) is 0 Å². The minimum Gasteiger partial charge on any atom is -0.465 e. The highest BCUT2D eigenvalue weighted by Crippen LogP contribution is 2.25. The number of aromatic nitrogens is 2. The van der Waals surface area contributed by atoms with Crippen molar-refractivity contribution in [3.05, 3.63) is 77.1 Å². The first kappa shape index (κ1) is 19.8. The van der Waals surface area contributed by atoms with Gasteiger partial charge in [-0.2, -0.15) is 5.10 Å². The van der Waals surface area contributed by atoms with Crippen molar-refractivity contribution in [1.82, 2.24) is 9.78 Å². The molecule has 0 radical (unpaired) electrons. The van der Waals surface area contributed by atoms with Crippen molar-refractivity contribution in [1.29, 1.82) is 0 Å². The van der Waals surface area contributed by atoms with Gasteiger partial charge in [0.25, 0.3) is 0 Å². The molecule has 1 aromatic heterocycles. The Labute approximate surface area is 165 Å². The normalized spacial score (nSPS) is 10.8. The zero-order valence-corrected chi connectivity index (χ0v) is 16.6. The maximum Gasteiger partial charge on any atom is 0.338 e. The van der Waals surface area contributed by atoms with Gasteiger partial charge in [-0.15, -0.1) is 0 Å². The first-order chi connectivity index (χ1) is 13.7. The van der Waals surface area contributed by atoms with Gasteiger partial charge in [-0.3, -0.25) is 4.68 Å². The fourth-order valence-corrected chi connectivity index (χ4v) is 3.31. The number of esters is 1. The number of rotatable bonds is 8. The van der Waals surface area contributed by atoms with Crippen LogP contribution in [0.3, 0.4) is 0 Å². The molecule has 0 aliphatic carbocycles. The highest BCUT2D eigenvalue weighted by molar-refractivity contribution is 5.97. The van der Waals surface area contributed by atoms with Crippen molar-refractivity contribution in [2.24, 2.45) is 0 Å². The molecule has 2 aromatic carbocycles. The maximum atomic E-state index is 12.0. The standard InChI is InChI=1S/C23H26N2O3/c1-4-7-20-14-19(16-27-2)24-25(20)15-17-10-12-18(13-11-17)21-8-5-6-9-22(21)23(26)28-3/h5-6,8-14H,4,7,15-16H2,1-3H3. The average Bonchev–Trinajstić information content (AvgIpc) is 3.09. The topological polar surface area (TPSA) is 53.4 Å². The molecule has 0 aliphatic heterocycles. The second-order valence-electron chi connectivity index (χ2n) is 6.70. The van der Waals surface area contributed by atoms with Crippen LogP contribution in [0.15, 0.2) is 54.6 Å². The molecule has 146 valence electrons. The number of methoxy groups -OCH3 is 2. The first-order valence-electron chi connectivity index (χ1n) is 9.47. The Bertz CT molecular complexity index is 929. The maximum absolute atomic E-state index is 12.0. The molecule has 0 unspecified atom stereocenters. The van der Waals surface area contributed by atoms with E-state index in [2.05, 4.69) is 34.9 Å². The molecule has 0 saturated carbocycles. The molecule has 0 saturated heterocycles.